The largest absolute Gasteiger partial charge is 0.507 e. The third-order valence-electron chi connectivity index (χ3n) is 3.28. The predicted molar refractivity (Wildman–Crippen MR) is 76.2 cm³/mol. The summed E-state index contributed by atoms with van der Waals surface area (Å²) in [5.41, 5.74) is 1.06. The van der Waals surface area contributed by atoms with E-state index in [1.54, 1.807) is 31.2 Å². The van der Waals surface area contributed by atoms with Crippen molar-refractivity contribution in [3.8, 4) is 11.5 Å². The van der Waals surface area contributed by atoms with E-state index in [9.17, 15) is 14.7 Å². The Hall–Kier alpha value is -2.82. The van der Waals surface area contributed by atoms with Crippen molar-refractivity contribution in [3.05, 3.63) is 41.2 Å². The molecule has 0 spiro atoms. The molecule has 0 unspecified atom stereocenters. The molecule has 0 amide bonds. The fourth-order valence-electron chi connectivity index (χ4n) is 2.39. The summed E-state index contributed by atoms with van der Waals surface area (Å²) in [6.45, 7) is 1.96. The van der Waals surface area contributed by atoms with Crippen LogP contribution in [0.15, 0.2) is 30.0 Å². The van der Waals surface area contributed by atoms with E-state index in [-0.39, 0.29) is 18.1 Å². The number of aldehydes is 1. The molecule has 2 aromatic rings. The number of aromatic hydroxyl groups is 1. The van der Waals surface area contributed by atoms with Crippen LogP contribution in [0.2, 0.25) is 0 Å². The molecule has 1 aliphatic heterocycles. The van der Waals surface area contributed by atoms with Crippen molar-refractivity contribution in [1.29, 1.82) is 0 Å². The summed E-state index contributed by atoms with van der Waals surface area (Å²) in [5, 5.41) is 11.0. The number of hydrogen-bond acceptors (Lipinski definition) is 5. The predicted octanol–water partition coefficient (Wildman–Crippen LogP) is 2.65. The summed E-state index contributed by atoms with van der Waals surface area (Å²) in [6.07, 6.45) is 2.22. The Morgan fingerprint density at radius 1 is 1.29 bits per heavy atom. The van der Waals surface area contributed by atoms with E-state index in [2.05, 4.69) is 0 Å². The number of ether oxygens (including phenoxy) is 2. The second-order valence-electron chi connectivity index (χ2n) is 4.53. The highest BCUT2D eigenvalue weighted by Crippen LogP contribution is 2.40. The Morgan fingerprint density at radius 3 is 2.81 bits per heavy atom. The lowest BCUT2D eigenvalue weighted by atomic mass is 9.96. The molecule has 0 atom stereocenters. The second-order valence-corrected chi connectivity index (χ2v) is 4.53. The Morgan fingerprint density at radius 2 is 2.10 bits per heavy atom. The summed E-state index contributed by atoms with van der Waals surface area (Å²) in [5.74, 6) is -0.0691. The van der Waals surface area contributed by atoms with Crippen molar-refractivity contribution in [2.45, 2.75) is 6.92 Å². The van der Waals surface area contributed by atoms with E-state index in [0.717, 1.165) is 0 Å². The highest BCUT2D eigenvalue weighted by Gasteiger charge is 2.23. The smallest absolute Gasteiger partial charge is 0.374 e. The monoisotopic (exact) mass is 284 g/mol. The van der Waals surface area contributed by atoms with E-state index in [1.165, 1.54) is 6.07 Å². The lowest BCUT2D eigenvalue weighted by Crippen LogP contribution is -2.15. The van der Waals surface area contributed by atoms with E-state index >= 15 is 0 Å². The molecule has 0 fully saturated rings. The van der Waals surface area contributed by atoms with Crippen molar-refractivity contribution < 1.29 is 24.2 Å². The minimum atomic E-state index is -0.552. The van der Waals surface area contributed by atoms with Crippen LogP contribution in [0.25, 0.3) is 16.8 Å². The van der Waals surface area contributed by atoms with Gasteiger partial charge in [0.25, 0.3) is 0 Å². The zero-order valence-corrected chi connectivity index (χ0v) is 11.3. The number of esters is 1. The number of hydrogen-bond donors (Lipinski definition) is 1. The zero-order chi connectivity index (χ0) is 15.0. The molecule has 5 nitrogen and oxygen atoms in total. The van der Waals surface area contributed by atoms with Crippen LogP contribution < -0.4 is 4.74 Å². The molecule has 0 saturated carbocycles. The molecule has 106 valence electrons. The number of phenolic OH excluding ortho intramolecular Hbond substituents is 1. The van der Waals surface area contributed by atoms with Crippen molar-refractivity contribution in [2.24, 2.45) is 0 Å². The quantitative estimate of drug-likeness (QED) is 0.693. The van der Waals surface area contributed by atoms with Gasteiger partial charge in [-0.05, 0) is 30.7 Å². The molecular weight excluding hydrogens is 272 g/mol. The van der Waals surface area contributed by atoms with Crippen molar-refractivity contribution >= 4 is 29.1 Å². The van der Waals surface area contributed by atoms with Crippen LogP contribution >= 0.6 is 0 Å². The number of carbonyl (C=O) groups excluding carboxylic acids is 2. The van der Waals surface area contributed by atoms with Gasteiger partial charge in [-0.25, -0.2) is 4.79 Å². The average Bonchev–Trinajstić information content (AvgIpc) is 2.50. The van der Waals surface area contributed by atoms with Gasteiger partial charge < -0.3 is 14.6 Å². The molecule has 0 saturated heterocycles. The van der Waals surface area contributed by atoms with Gasteiger partial charge in [-0.2, -0.15) is 0 Å². The van der Waals surface area contributed by atoms with Crippen molar-refractivity contribution in [1.82, 2.24) is 0 Å². The van der Waals surface area contributed by atoms with Gasteiger partial charge in [-0.1, -0.05) is 12.1 Å². The molecule has 0 bridgehead atoms. The maximum Gasteiger partial charge on any atom is 0.374 e. The van der Waals surface area contributed by atoms with Crippen LogP contribution in [0.1, 0.15) is 22.8 Å². The number of carbonyl (C=O) groups is 2. The van der Waals surface area contributed by atoms with Gasteiger partial charge in [0.05, 0.1) is 6.61 Å². The minimum absolute atomic E-state index is 0.00529. The molecule has 0 radical (unpaired) electrons. The molecule has 1 N–H and O–H groups in total. The van der Waals surface area contributed by atoms with Crippen molar-refractivity contribution in [2.75, 3.05) is 6.61 Å². The Balaban J connectivity index is 2.25. The van der Waals surface area contributed by atoms with Gasteiger partial charge in [-0.15, -0.1) is 0 Å². The van der Waals surface area contributed by atoms with E-state index in [0.29, 0.717) is 33.9 Å². The maximum absolute atomic E-state index is 11.8. The van der Waals surface area contributed by atoms with Crippen molar-refractivity contribution in [3.63, 3.8) is 0 Å². The Labute approximate surface area is 120 Å². The number of rotatable bonds is 3. The van der Waals surface area contributed by atoms with Crippen LogP contribution in [0, 0.1) is 0 Å². The Kier molecular flexibility index (Phi) is 3.10. The highest BCUT2D eigenvalue weighted by atomic mass is 16.6. The lowest BCUT2D eigenvalue weighted by molar-refractivity contribution is -0.140. The van der Waals surface area contributed by atoms with E-state index in [1.807, 2.05) is 0 Å². The number of phenols is 1. The van der Waals surface area contributed by atoms with Crippen LogP contribution in [0.4, 0.5) is 0 Å². The molecule has 0 aromatic heterocycles. The van der Waals surface area contributed by atoms with Gasteiger partial charge in [0, 0.05) is 16.3 Å². The summed E-state index contributed by atoms with van der Waals surface area (Å²) in [7, 11) is 0. The third-order valence-corrected chi connectivity index (χ3v) is 3.28. The Bertz CT molecular complexity index is 789. The van der Waals surface area contributed by atoms with E-state index in [4.69, 9.17) is 9.47 Å². The standard InChI is InChI=1S/C16H12O5/c1-2-20-16(19)13-7-9-3-4-10(8-17)14-11(18)5-6-12(21-13)15(9)14/h3-8,18H,2H2,1H3. The van der Waals surface area contributed by atoms with Crippen LogP contribution in [-0.2, 0) is 9.53 Å². The van der Waals surface area contributed by atoms with Gasteiger partial charge in [0.2, 0.25) is 5.76 Å². The zero-order valence-electron chi connectivity index (χ0n) is 11.3. The summed E-state index contributed by atoms with van der Waals surface area (Å²) < 4.78 is 10.5. The summed E-state index contributed by atoms with van der Waals surface area (Å²) in [4.78, 5) is 22.9. The molecular formula is C16H12O5. The summed E-state index contributed by atoms with van der Waals surface area (Å²) >= 11 is 0. The first-order valence-corrected chi connectivity index (χ1v) is 6.46. The molecule has 0 aliphatic carbocycles. The maximum atomic E-state index is 11.8. The highest BCUT2D eigenvalue weighted by molar-refractivity contribution is 6.10. The summed E-state index contributed by atoms with van der Waals surface area (Å²) in [6, 6.07) is 6.29. The van der Waals surface area contributed by atoms with Gasteiger partial charge in [0.15, 0.2) is 6.29 Å². The number of benzene rings is 2. The topological polar surface area (TPSA) is 72.8 Å². The lowest BCUT2D eigenvalue weighted by Gasteiger charge is -2.19. The normalized spacial score (nSPS) is 12.5. The first-order chi connectivity index (χ1) is 10.2. The second kappa shape index (κ2) is 4.94. The molecule has 5 heteroatoms. The SMILES string of the molecule is CCOC(=O)C1=Cc2ccc(C=O)c3c(O)ccc(c23)O1. The van der Waals surface area contributed by atoms with Gasteiger partial charge in [0.1, 0.15) is 11.5 Å². The first-order valence-electron chi connectivity index (χ1n) is 6.46. The van der Waals surface area contributed by atoms with Gasteiger partial charge >= 0.3 is 5.97 Å². The average molecular weight is 284 g/mol. The van der Waals surface area contributed by atoms with Crippen LogP contribution in [0.3, 0.4) is 0 Å². The fourth-order valence-corrected chi connectivity index (χ4v) is 2.39. The van der Waals surface area contributed by atoms with Crippen LogP contribution in [-0.4, -0.2) is 24.0 Å². The minimum Gasteiger partial charge on any atom is -0.507 e. The van der Waals surface area contributed by atoms with Gasteiger partial charge in [-0.3, -0.25) is 4.79 Å². The molecule has 2 aromatic carbocycles. The molecule has 3 rings (SSSR count). The molecule has 21 heavy (non-hydrogen) atoms. The third kappa shape index (κ3) is 2.03. The molecule has 1 aliphatic rings. The fraction of sp³-hybridized carbons (Fsp3) is 0.125. The van der Waals surface area contributed by atoms with Crippen LogP contribution in [0.5, 0.6) is 11.5 Å². The van der Waals surface area contributed by atoms with E-state index < -0.39 is 5.97 Å². The molecule has 1 heterocycles. The first kappa shape index (κ1) is 13.2.